The van der Waals surface area contributed by atoms with E-state index in [4.69, 9.17) is 10.5 Å². The van der Waals surface area contributed by atoms with Gasteiger partial charge in [0.1, 0.15) is 5.75 Å². The number of nitrogens with one attached hydrogen (secondary N) is 1. The van der Waals surface area contributed by atoms with Gasteiger partial charge in [-0.05, 0) is 61.4 Å². The summed E-state index contributed by atoms with van der Waals surface area (Å²) in [6, 6.07) is 11.6. The number of carboxylic acid groups (broad SMARTS) is 1. The normalized spacial score (nSPS) is 11.0. The minimum Gasteiger partial charge on any atom is -0.478 e. The van der Waals surface area contributed by atoms with Gasteiger partial charge < -0.3 is 15.6 Å². The first kappa shape index (κ1) is 21.8. The van der Waals surface area contributed by atoms with Crippen molar-refractivity contribution < 1.29 is 27.9 Å². The summed E-state index contributed by atoms with van der Waals surface area (Å²) in [5, 5.41) is 9.21. The minimum absolute atomic E-state index is 0.122. The number of amides is 1. The molecule has 0 radical (unpaired) electrons. The number of hydrogen-bond donors (Lipinski definition) is 3. The monoisotopic (exact) mass is 441 g/mol. The van der Waals surface area contributed by atoms with Gasteiger partial charge in [0, 0.05) is 11.6 Å². The highest BCUT2D eigenvalue weighted by atomic mass is 32.2. The van der Waals surface area contributed by atoms with Gasteiger partial charge in [-0.3, -0.25) is 9.52 Å². The highest BCUT2D eigenvalue weighted by Crippen LogP contribution is 2.25. The fraction of sp³-hybridized carbons (Fsp3) is 0.0952. The van der Waals surface area contributed by atoms with Crippen LogP contribution in [-0.2, 0) is 10.0 Å². The van der Waals surface area contributed by atoms with Crippen LogP contribution in [-0.4, -0.2) is 30.4 Å². The summed E-state index contributed by atoms with van der Waals surface area (Å²) in [7, 11) is -4.05. The molecule has 31 heavy (non-hydrogen) atoms. The highest BCUT2D eigenvalue weighted by molar-refractivity contribution is 7.92. The molecule has 0 fully saturated rings. The van der Waals surface area contributed by atoms with E-state index in [1.807, 2.05) is 0 Å². The van der Waals surface area contributed by atoms with Gasteiger partial charge in [-0.25, -0.2) is 18.2 Å². The molecular formula is C21H19N3O6S. The molecule has 0 atom stereocenters. The van der Waals surface area contributed by atoms with E-state index in [0.29, 0.717) is 16.9 Å². The number of hydrogen-bond acceptors (Lipinski definition) is 6. The quantitative estimate of drug-likeness (QED) is 0.510. The number of pyridine rings is 1. The van der Waals surface area contributed by atoms with Crippen LogP contribution in [0, 0.1) is 13.8 Å². The number of aryl methyl sites for hydroxylation is 1. The number of primary amides is 1. The molecule has 160 valence electrons. The Labute approximate surface area is 178 Å². The van der Waals surface area contributed by atoms with Crippen LogP contribution < -0.4 is 15.2 Å². The van der Waals surface area contributed by atoms with Crippen molar-refractivity contribution in [3.63, 3.8) is 0 Å². The van der Waals surface area contributed by atoms with E-state index in [2.05, 4.69) is 9.71 Å². The average Bonchev–Trinajstić information content (AvgIpc) is 2.71. The number of carbonyl (C=O) groups is 2. The van der Waals surface area contributed by atoms with E-state index in [9.17, 15) is 23.1 Å². The third-order valence-electron chi connectivity index (χ3n) is 4.49. The smallest absolute Gasteiger partial charge is 0.335 e. The number of aromatic nitrogens is 1. The molecule has 0 unspecified atom stereocenters. The molecule has 4 N–H and O–H groups in total. The van der Waals surface area contributed by atoms with Crippen LogP contribution >= 0.6 is 0 Å². The molecular weight excluding hydrogens is 422 g/mol. The number of ether oxygens (including phenoxy) is 1. The van der Waals surface area contributed by atoms with Crippen molar-refractivity contribution >= 4 is 27.6 Å². The van der Waals surface area contributed by atoms with Crippen molar-refractivity contribution in [2.24, 2.45) is 5.73 Å². The van der Waals surface area contributed by atoms with Crippen LogP contribution in [0.5, 0.6) is 11.6 Å². The van der Waals surface area contributed by atoms with Crippen molar-refractivity contribution in [1.29, 1.82) is 0 Å². The number of anilines is 1. The van der Waals surface area contributed by atoms with Gasteiger partial charge >= 0.3 is 5.97 Å². The number of sulfonamides is 1. The summed E-state index contributed by atoms with van der Waals surface area (Å²) in [6.07, 6.45) is 1.26. The maximum absolute atomic E-state index is 12.8. The number of nitrogens with two attached hydrogens (primary N) is 1. The highest BCUT2D eigenvalue weighted by Gasteiger charge is 2.21. The number of rotatable bonds is 7. The Bertz CT molecular complexity index is 1270. The lowest BCUT2D eigenvalue weighted by molar-refractivity contribution is 0.0696. The lowest BCUT2D eigenvalue weighted by atomic mass is 10.1. The maximum atomic E-state index is 12.8. The zero-order valence-corrected chi connectivity index (χ0v) is 17.4. The van der Waals surface area contributed by atoms with Crippen LogP contribution in [0.4, 0.5) is 5.69 Å². The van der Waals surface area contributed by atoms with Gasteiger partial charge in [0.2, 0.25) is 11.8 Å². The first-order valence-corrected chi connectivity index (χ1v) is 10.5. The van der Waals surface area contributed by atoms with Crippen molar-refractivity contribution in [3.8, 4) is 11.6 Å². The summed E-state index contributed by atoms with van der Waals surface area (Å²) in [5.74, 6) is -1.30. The van der Waals surface area contributed by atoms with Gasteiger partial charge in [-0.2, -0.15) is 0 Å². The largest absolute Gasteiger partial charge is 0.478 e. The molecule has 1 amide bonds. The molecule has 1 heterocycles. The first-order chi connectivity index (χ1) is 14.6. The van der Waals surface area contributed by atoms with Gasteiger partial charge in [0.05, 0.1) is 22.3 Å². The molecule has 10 heteroatoms. The van der Waals surface area contributed by atoms with E-state index in [0.717, 1.165) is 6.07 Å². The number of carboxylic acids is 1. The van der Waals surface area contributed by atoms with E-state index in [1.165, 1.54) is 30.5 Å². The van der Waals surface area contributed by atoms with Gasteiger partial charge in [0.25, 0.3) is 10.0 Å². The third kappa shape index (κ3) is 4.98. The van der Waals surface area contributed by atoms with Crippen LogP contribution in [0.3, 0.4) is 0 Å². The minimum atomic E-state index is -4.05. The molecule has 0 bridgehead atoms. The second kappa shape index (κ2) is 8.44. The molecule has 0 aliphatic carbocycles. The van der Waals surface area contributed by atoms with Crippen molar-refractivity contribution in [3.05, 3.63) is 77.0 Å². The maximum Gasteiger partial charge on any atom is 0.335 e. The van der Waals surface area contributed by atoms with Crippen molar-refractivity contribution in [2.75, 3.05) is 4.72 Å². The summed E-state index contributed by atoms with van der Waals surface area (Å²) >= 11 is 0. The second-order valence-corrected chi connectivity index (χ2v) is 8.36. The molecule has 2 aromatic carbocycles. The number of carbonyl (C=O) groups excluding carboxylic acids is 1. The lowest BCUT2D eigenvalue weighted by Crippen LogP contribution is -2.16. The van der Waals surface area contributed by atoms with Gasteiger partial charge in [-0.15, -0.1) is 0 Å². The molecule has 1 aromatic heterocycles. The lowest BCUT2D eigenvalue weighted by Gasteiger charge is -2.13. The van der Waals surface area contributed by atoms with E-state index in [1.54, 1.807) is 32.0 Å². The Morgan fingerprint density at radius 2 is 1.81 bits per heavy atom. The van der Waals surface area contributed by atoms with E-state index in [-0.39, 0.29) is 27.6 Å². The standard InChI is InChI=1S/C21H19N3O6S/c1-12-8-15(21(26)27)10-18(13(12)2)31(28,29)24-16-6-7-19(23-11-16)30-17-5-3-4-14(9-17)20(22)25/h3-11,24H,1-2H3,(H2,22,25)(H,26,27). The Morgan fingerprint density at radius 1 is 1.06 bits per heavy atom. The topological polar surface area (TPSA) is 149 Å². The molecule has 0 aliphatic heterocycles. The number of aromatic carboxylic acids is 1. The predicted molar refractivity (Wildman–Crippen MR) is 113 cm³/mol. The molecule has 9 nitrogen and oxygen atoms in total. The van der Waals surface area contributed by atoms with E-state index < -0.39 is 21.9 Å². The SMILES string of the molecule is Cc1cc(C(=O)O)cc(S(=O)(=O)Nc2ccc(Oc3cccc(C(N)=O)c3)nc2)c1C. The molecule has 0 saturated heterocycles. The molecule has 0 saturated carbocycles. The predicted octanol–water partition coefficient (Wildman–Crippen LogP) is 3.09. The summed E-state index contributed by atoms with van der Waals surface area (Å²) in [5.41, 5.74) is 6.54. The van der Waals surface area contributed by atoms with Crippen LogP contribution in [0.1, 0.15) is 31.8 Å². The van der Waals surface area contributed by atoms with Crippen molar-refractivity contribution in [1.82, 2.24) is 4.98 Å². The van der Waals surface area contributed by atoms with Gasteiger partial charge in [0.15, 0.2) is 0 Å². The Kier molecular flexibility index (Phi) is 5.93. The fourth-order valence-electron chi connectivity index (χ4n) is 2.77. The summed E-state index contributed by atoms with van der Waals surface area (Å²) in [4.78, 5) is 26.5. The Balaban J connectivity index is 1.82. The Hall–Kier alpha value is -3.92. The van der Waals surface area contributed by atoms with E-state index >= 15 is 0 Å². The number of nitrogens with zero attached hydrogens (tertiary/aromatic N) is 1. The van der Waals surface area contributed by atoms with Crippen LogP contribution in [0.2, 0.25) is 0 Å². The van der Waals surface area contributed by atoms with Crippen LogP contribution in [0.15, 0.2) is 59.6 Å². The molecule has 0 aliphatic rings. The number of benzene rings is 2. The zero-order chi connectivity index (χ0) is 22.8. The average molecular weight is 441 g/mol. The third-order valence-corrected chi connectivity index (χ3v) is 5.99. The van der Waals surface area contributed by atoms with Gasteiger partial charge in [-0.1, -0.05) is 6.07 Å². The fourth-order valence-corrected chi connectivity index (χ4v) is 4.16. The Morgan fingerprint density at radius 3 is 2.42 bits per heavy atom. The molecule has 3 aromatic rings. The molecule has 3 rings (SSSR count). The van der Waals surface area contributed by atoms with Crippen LogP contribution in [0.25, 0.3) is 0 Å². The first-order valence-electron chi connectivity index (χ1n) is 8.98. The second-order valence-electron chi connectivity index (χ2n) is 6.71. The molecule has 0 spiro atoms. The summed E-state index contributed by atoms with van der Waals surface area (Å²) < 4.78 is 33.6. The van der Waals surface area contributed by atoms with Crippen molar-refractivity contribution in [2.45, 2.75) is 18.7 Å². The summed E-state index contributed by atoms with van der Waals surface area (Å²) in [6.45, 7) is 3.24. The zero-order valence-electron chi connectivity index (χ0n) is 16.6.